The minimum Gasteiger partial charge on any atom is -0.494 e. The summed E-state index contributed by atoms with van der Waals surface area (Å²) >= 11 is 0. The summed E-state index contributed by atoms with van der Waals surface area (Å²) in [6.07, 6.45) is -4.11. The molecule has 0 saturated carbocycles. The molecule has 35 heavy (non-hydrogen) atoms. The minimum atomic E-state index is -4.65. The van der Waals surface area contributed by atoms with Crippen molar-refractivity contribution in [3.05, 3.63) is 82.3 Å². The predicted molar refractivity (Wildman–Crippen MR) is 126 cm³/mol. The Morgan fingerprint density at radius 2 is 1.80 bits per heavy atom. The largest absolute Gasteiger partial charge is 0.494 e. The van der Waals surface area contributed by atoms with Crippen LogP contribution < -0.4 is 15.4 Å². The molecular formula is C27H26F3N3O2. The van der Waals surface area contributed by atoms with E-state index in [-0.39, 0.29) is 29.3 Å². The lowest BCUT2D eigenvalue weighted by Gasteiger charge is -2.44. The number of halogens is 3. The van der Waals surface area contributed by atoms with Gasteiger partial charge < -0.3 is 10.5 Å². The fraction of sp³-hybridized carbons (Fsp3) is 0.333. The summed E-state index contributed by atoms with van der Waals surface area (Å²) in [4.78, 5) is 14.8. The molecule has 2 aromatic rings. The second kappa shape index (κ2) is 8.81. The van der Waals surface area contributed by atoms with Gasteiger partial charge in [-0.25, -0.2) is 0 Å². The fourth-order valence-electron chi connectivity index (χ4n) is 4.95. The molecular weight excluding hydrogens is 455 g/mol. The molecule has 1 aliphatic carbocycles. The Bertz CT molecular complexity index is 1270. The number of nitrogens with zero attached hydrogens (tertiary/aromatic N) is 2. The lowest BCUT2D eigenvalue weighted by Crippen LogP contribution is -2.42. The molecule has 8 heteroatoms. The van der Waals surface area contributed by atoms with Crippen LogP contribution >= 0.6 is 0 Å². The van der Waals surface area contributed by atoms with Crippen LogP contribution in [0.15, 0.2) is 71.2 Å². The van der Waals surface area contributed by atoms with Crippen molar-refractivity contribution in [3.8, 4) is 11.8 Å². The van der Waals surface area contributed by atoms with Gasteiger partial charge in [0.05, 0.1) is 35.4 Å². The summed E-state index contributed by atoms with van der Waals surface area (Å²) < 4.78 is 47.4. The lowest BCUT2D eigenvalue weighted by atomic mass is 9.68. The molecule has 5 nitrogen and oxygen atoms in total. The SMILES string of the molecule is CCOc1ccc([C@H]2C(C#N)=C(N)N(c3ccccc3C(F)(F)F)C3=C2C(=O)CC(C)(C)C3)cc1. The van der Waals surface area contributed by atoms with Gasteiger partial charge in [0, 0.05) is 17.7 Å². The zero-order chi connectivity index (χ0) is 25.5. The first-order valence-corrected chi connectivity index (χ1v) is 11.3. The highest BCUT2D eigenvalue weighted by Crippen LogP contribution is 2.51. The predicted octanol–water partition coefficient (Wildman–Crippen LogP) is 6.04. The number of benzene rings is 2. The molecule has 182 valence electrons. The Balaban J connectivity index is 1.99. The van der Waals surface area contributed by atoms with Gasteiger partial charge in [0.1, 0.15) is 11.6 Å². The quantitative estimate of drug-likeness (QED) is 0.576. The van der Waals surface area contributed by atoms with E-state index in [9.17, 15) is 23.2 Å². The van der Waals surface area contributed by atoms with Crippen LogP contribution in [0.1, 0.15) is 50.7 Å². The molecule has 2 N–H and O–H groups in total. The number of hydrogen-bond acceptors (Lipinski definition) is 5. The molecule has 2 aliphatic rings. The number of ketones is 1. The smallest absolute Gasteiger partial charge is 0.418 e. The summed E-state index contributed by atoms with van der Waals surface area (Å²) in [6.45, 7) is 6.14. The first-order valence-electron chi connectivity index (χ1n) is 11.3. The Hall–Kier alpha value is -3.73. The van der Waals surface area contributed by atoms with E-state index >= 15 is 0 Å². The van der Waals surface area contributed by atoms with Crippen LogP contribution in [0.5, 0.6) is 5.75 Å². The van der Waals surface area contributed by atoms with E-state index in [1.165, 1.54) is 23.1 Å². The molecule has 0 unspecified atom stereocenters. The molecule has 0 radical (unpaired) electrons. The van der Waals surface area contributed by atoms with Crippen LogP contribution in [0.2, 0.25) is 0 Å². The van der Waals surface area contributed by atoms with Gasteiger partial charge in [-0.1, -0.05) is 38.1 Å². The molecule has 1 atom stereocenters. The number of Topliss-reactive ketones (excluding diaryl/α,β-unsaturated/α-hetero) is 1. The van der Waals surface area contributed by atoms with Crippen molar-refractivity contribution in [2.75, 3.05) is 11.5 Å². The molecule has 1 aliphatic heterocycles. The lowest BCUT2D eigenvalue weighted by molar-refractivity contribution is -0.137. The second-order valence-electron chi connectivity index (χ2n) is 9.50. The topological polar surface area (TPSA) is 79.3 Å². The average Bonchev–Trinajstić information content (AvgIpc) is 2.78. The van der Waals surface area contributed by atoms with Crippen LogP contribution in [0.3, 0.4) is 0 Å². The Morgan fingerprint density at radius 1 is 1.14 bits per heavy atom. The van der Waals surface area contributed by atoms with Crippen molar-refractivity contribution in [2.45, 2.75) is 45.7 Å². The molecule has 0 bridgehead atoms. The van der Waals surface area contributed by atoms with Gasteiger partial charge in [-0.2, -0.15) is 18.4 Å². The maximum atomic E-state index is 14.0. The van der Waals surface area contributed by atoms with Gasteiger partial charge >= 0.3 is 6.18 Å². The van der Waals surface area contributed by atoms with Crippen molar-refractivity contribution in [1.82, 2.24) is 0 Å². The van der Waals surface area contributed by atoms with E-state index in [2.05, 4.69) is 6.07 Å². The van der Waals surface area contributed by atoms with Gasteiger partial charge in [0.2, 0.25) is 0 Å². The van der Waals surface area contributed by atoms with Crippen LogP contribution in [0.4, 0.5) is 18.9 Å². The molecule has 2 aromatic carbocycles. The second-order valence-corrected chi connectivity index (χ2v) is 9.50. The number of nitrogens with two attached hydrogens (primary N) is 1. The van der Waals surface area contributed by atoms with E-state index in [4.69, 9.17) is 10.5 Å². The highest BCUT2D eigenvalue weighted by molar-refractivity contribution is 6.01. The Labute approximate surface area is 202 Å². The number of carbonyl (C=O) groups is 1. The monoisotopic (exact) mass is 481 g/mol. The van der Waals surface area contributed by atoms with Crippen LogP contribution in [-0.4, -0.2) is 12.4 Å². The minimum absolute atomic E-state index is 0.0398. The summed E-state index contributed by atoms with van der Waals surface area (Å²) in [5.41, 5.74) is 6.30. The third-order valence-corrected chi connectivity index (χ3v) is 6.36. The normalized spacial score (nSPS) is 20.0. The Morgan fingerprint density at radius 3 is 2.40 bits per heavy atom. The van der Waals surface area contributed by atoms with Gasteiger partial charge in [0.15, 0.2) is 5.78 Å². The summed E-state index contributed by atoms with van der Waals surface area (Å²) in [6, 6.07) is 14.2. The first-order chi connectivity index (χ1) is 16.5. The van der Waals surface area contributed by atoms with E-state index in [0.29, 0.717) is 35.6 Å². The summed E-state index contributed by atoms with van der Waals surface area (Å²) in [5.74, 6) is -0.450. The molecule has 0 aromatic heterocycles. The maximum absolute atomic E-state index is 14.0. The number of rotatable bonds is 4. The van der Waals surface area contributed by atoms with Crippen molar-refractivity contribution in [1.29, 1.82) is 5.26 Å². The van der Waals surface area contributed by atoms with Crippen LogP contribution in [0.25, 0.3) is 0 Å². The summed E-state index contributed by atoms with van der Waals surface area (Å²) in [5, 5.41) is 10.1. The maximum Gasteiger partial charge on any atom is 0.418 e. The number of nitriles is 1. The number of anilines is 1. The first kappa shape index (κ1) is 24.4. The molecule has 0 amide bonds. The van der Waals surface area contributed by atoms with Crippen molar-refractivity contribution >= 4 is 11.5 Å². The zero-order valence-corrected chi connectivity index (χ0v) is 19.7. The number of ether oxygens (including phenoxy) is 1. The third-order valence-electron chi connectivity index (χ3n) is 6.36. The zero-order valence-electron chi connectivity index (χ0n) is 19.7. The summed E-state index contributed by atoms with van der Waals surface area (Å²) in [7, 11) is 0. The molecule has 1 heterocycles. The van der Waals surface area contributed by atoms with Gasteiger partial charge in [0.25, 0.3) is 0 Å². The highest BCUT2D eigenvalue weighted by atomic mass is 19.4. The number of alkyl halides is 3. The third kappa shape index (κ3) is 4.39. The van der Waals surface area contributed by atoms with Gasteiger partial charge in [-0.05, 0) is 48.6 Å². The van der Waals surface area contributed by atoms with Gasteiger partial charge in [-0.15, -0.1) is 0 Å². The Kier molecular flexibility index (Phi) is 6.14. The number of para-hydroxylation sites is 1. The van der Waals surface area contributed by atoms with E-state index in [0.717, 1.165) is 6.07 Å². The number of hydrogen-bond donors (Lipinski definition) is 1. The highest BCUT2D eigenvalue weighted by Gasteiger charge is 2.46. The average molecular weight is 482 g/mol. The molecule has 0 spiro atoms. The van der Waals surface area contributed by atoms with Crippen molar-refractivity contribution < 1.29 is 22.7 Å². The number of allylic oxidation sites excluding steroid dienone is 3. The van der Waals surface area contributed by atoms with E-state index in [1.807, 2.05) is 20.8 Å². The fourth-order valence-corrected chi connectivity index (χ4v) is 4.95. The number of carbonyl (C=O) groups excluding carboxylic acids is 1. The van der Waals surface area contributed by atoms with Gasteiger partial charge in [-0.3, -0.25) is 9.69 Å². The van der Waals surface area contributed by atoms with Crippen molar-refractivity contribution in [3.63, 3.8) is 0 Å². The van der Waals surface area contributed by atoms with Crippen molar-refractivity contribution in [2.24, 2.45) is 11.1 Å². The molecule has 0 saturated heterocycles. The van der Waals surface area contributed by atoms with E-state index in [1.54, 1.807) is 24.3 Å². The molecule has 4 rings (SSSR count). The van der Waals surface area contributed by atoms with Crippen LogP contribution in [0, 0.1) is 16.7 Å². The van der Waals surface area contributed by atoms with E-state index < -0.39 is 23.1 Å². The standard InChI is InChI=1S/C27H26F3N3O2/c1-4-35-17-11-9-16(10-12-17)23-18(15-31)25(32)33(20-8-6-5-7-19(20)27(28,29)30)21-13-26(2,3)14-22(34)24(21)23/h5-12,23H,4,13-14,32H2,1-3H3/t23-/m0/s1. The molecule has 0 fully saturated rings. The van der Waals surface area contributed by atoms with Crippen LogP contribution in [-0.2, 0) is 11.0 Å².